The van der Waals surface area contributed by atoms with E-state index in [1.165, 1.54) is 51.4 Å². The number of rotatable bonds is 6. The Balaban J connectivity index is 1.60. The Morgan fingerprint density at radius 2 is 2.13 bits per heavy atom. The lowest BCUT2D eigenvalue weighted by Crippen LogP contribution is -2.31. The minimum Gasteiger partial charge on any atom is -0.378 e. The third-order valence-corrected chi connectivity index (χ3v) is 4.11. The van der Waals surface area contributed by atoms with E-state index in [1.807, 2.05) is 0 Å². The molecule has 0 spiro atoms. The molecule has 88 valence electrons. The first-order valence-electron chi connectivity index (χ1n) is 6.67. The molecule has 2 rings (SSSR count). The van der Waals surface area contributed by atoms with Gasteiger partial charge < -0.3 is 10.1 Å². The van der Waals surface area contributed by atoms with Gasteiger partial charge in [0.05, 0.1) is 6.10 Å². The minimum atomic E-state index is 0.572. The Morgan fingerprint density at radius 3 is 2.67 bits per heavy atom. The maximum atomic E-state index is 5.67. The summed E-state index contributed by atoms with van der Waals surface area (Å²) in [6.07, 6.45) is 11.5. The largest absolute Gasteiger partial charge is 0.378 e. The molecule has 0 amide bonds. The molecular formula is C13H25NO. The number of ether oxygens (including phenoxy) is 1. The second-order valence-electron chi connectivity index (χ2n) is 5.23. The van der Waals surface area contributed by atoms with Gasteiger partial charge in [-0.3, -0.25) is 0 Å². The molecule has 1 heterocycles. The normalized spacial score (nSPS) is 29.0. The first-order valence-corrected chi connectivity index (χ1v) is 6.67. The fraction of sp³-hybridized carbons (Fsp3) is 1.00. The van der Waals surface area contributed by atoms with E-state index in [-0.39, 0.29) is 0 Å². The van der Waals surface area contributed by atoms with E-state index in [0.717, 1.165) is 18.6 Å². The highest BCUT2D eigenvalue weighted by Gasteiger charge is 2.22. The Morgan fingerprint density at radius 1 is 1.27 bits per heavy atom. The molecule has 0 radical (unpaired) electrons. The van der Waals surface area contributed by atoms with Crippen molar-refractivity contribution >= 4 is 0 Å². The second-order valence-corrected chi connectivity index (χ2v) is 5.23. The number of hydrogen-bond donors (Lipinski definition) is 1. The van der Waals surface area contributed by atoms with Crippen molar-refractivity contribution in [2.45, 2.75) is 63.5 Å². The van der Waals surface area contributed by atoms with Crippen LogP contribution in [-0.4, -0.2) is 25.8 Å². The van der Waals surface area contributed by atoms with Gasteiger partial charge in [0.1, 0.15) is 0 Å². The third-order valence-electron chi connectivity index (χ3n) is 4.11. The highest BCUT2D eigenvalue weighted by atomic mass is 16.5. The average Bonchev–Trinajstić information content (AvgIpc) is 2.68. The van der Waals surface area contributed by atoms with Crippen LogP contribution in [0.25, 0.3) is 0 Å². The van der Waals surface area contributed by atoms with Crippen LogP contribution in [-0.2, 0) is 4.74 Å². The standard InChI is InChI=1S/C13H25NO/c1-14-12(10-11-4-2-5-11)7-8-13-6-3-9-15-13/h11-14H,2-10H2,1H3. The Kier molecular flexibility index (Phi) is 4.45. The fourth-order valence-corrected chi connectivity index (χ4v) is 2.77. The summed E-state index contributed by atoms with van der Waals surface area (Å²) >= 11 is 0. The first kappa shape index (κ1) is 11.4. The number of hydrogen-bond acceptors (Lipinski definition) is 2. The van der Waals surface area contributed by atoms with Gasteiger partial charge in [-0.05, 0) is 45.1 Å². The van der Waals surface area contributed by atoms with Gasteiger partial charge in [0.2, 0.25) is 0 Å². The van der Waals surface area contributed by atoms with Gasteiger partial charge in [0.15, 0.2) is 0 Å². The van der Waals surface area contributed by atoms with Crippen LogP contribution < -0.4 is 5.32 Å². The summed E-state index contributed by atoms with van der Waals surface area (Å²) < 4.78 is 5.67. The van der Waals surface area contributed by atoms with Crippen LogP contribution in [0.3, 0.4) is 0 Å². The Bertz CT molecular complexity index is 173. The molecule has 2 aliphatic rings. The van der Waals surface area contributed by atoms with Crippen LogP contribution in [0.2, 0.25) is 0 Å². The summed E-state index contributed by atoms with van der Waals surface area (Å²) in [5.74, 6) is 1.02. The van der Waals surface area contributed by atoms with E-state index in [2.05, 4.69) is 12.4 Å². The zero-order chi connectivity index (χ0) is 10.5. The van der Waals surface area contributed by atoms with E-state index in [4.69, 9.17) is 4.74 Å². The summed E-state index contributed by atoms with van der Waals surface area (Å²) in [6.45, 7) is 0.998. The van der Waals surface area contributed by atoms with Crippen molar-refractivity contribution in [2.75, 3.05) is 13.7 Å². The molecule has 1 aliphatic heterocycles. The van der Waals surface area contributed by atoms with Crippen LogP contribution >= 0.6 is 0 Å². The SMILES string of the molecule is CNC(CCC1CCCO1)CC1CCC1. The van der Waals surface area contributed by atoms with Gasteiger partial charge in [-0.2, -0.15) is 0 Å². The predicted molar refractivity (Wildman–Crippen MR) is 63.0 cm³/mol. The van der Waals surface area contributed by atoms with Crippen molar-refractivity contribution in [1.82, 2.24) is 5.32 Å². The lowest BCUT2D eigenvalue weighted by Gasteiger charge is -2.30. The van der Waals surface area contributed by atoms with Gasteiger partial charge in [-0.25, -0.2) is 0 Å². The van der Waals surface area contributed by atoms with Crippen molar-refractivity contribution in [3.05, 3.63) is 0 Å². The quantitative estimate of drug-likeness (QED) is 0.729. The zero-order valence-corrected chi connectivity index (χ0v) is 10.0. The number of nitrogens with one attached hydrogen (secondary N) is 1. The molecule has 0 aromatic rings. The topological polar surface area (TPSA) is 21.3 Å². The van der Waals surface area contributed by atoms with Gasteiger partial charge in [0, 0.05) is 12.6 Å². The molecule has 2 heteroatoms. The lowest BCUT2D eigenvalue weighted by atomic mass is 9.80. The van der Waals surface area contributed by atoms with E-state index in [9.17, 15) is 0 Å². The van der Waals surface area contributed by atoms with Crippen LogP contribution in [0.1, 0.15) is 51.4 Å². The molecule has 0 aromatic carbocycles. The Hall–Kier alpha value is -0.0800. The monoisotopic (exact) mass is 211 g/mol. The van der Waals surface area contributed by atoms with Crippen LogP contribution in [0.15, 0.2) is 0 Å². The molecule has 1 N–H and O–H groups in total. The molecule has 2 atom stereocenters. The van der Waals surface area contributed by atoms with E-state index < -0.39 is 0 Å². The van der Waals surface area contributed by atoms with Crippen molar-refractivity contribution in [3.8, 4) is 0 Å². The Labute approximate surface area is 93.8 Å². The van der Waals surface area contributed by atoms with Gasteiger partial charge in [0.25, 0.3) is 0 Å². The van der Waals surface area contributed by atoms with Crippen molar-refractivity contribution < 1.29 is 4.74 Å². The molecular weight excluding hydrogens is 186 g/mol. The molecule has 2 nitrogen and oxygen atoms in total. The van der Waals surface area contributed by atoms with E-state index in [0.29, 0.717) is 6.10 Å². The fourth-order valence-electron chi connectivity index (χ4n) is 2.77. The molecule has 2 unspecified atom stereocenters. The van der Waals surface area contributed by atoms with E-state index >= 15 is 0 Å². The third kappa shape index (κ3) is 3.46. The van der Waals surface area contributed by atoms with Crippen molar-refractivity contribution in [3.63, 3.8) is 0 Å². The molecule has 1 saturated heterocycles. The van der Waals surface area contributed by atoms with Crippen LogP contribution in [0, 0.1) is 5.92 Å². The second kappa shape index (κ2) is 5.86. The first-order chi connectivity index (χ1) is 7.38. The summed E-state index contributed by atoms with van der Waals surface area (Å²) in [4.78, 5) is 0. The van der Waals surface area contributed by atoms with Crippen LogP contribution in [0.4, 0.5) is 0 Å². The highest BCUT2D eigenvalue weighted by Crippen LogP contribution is 2.31. The maximum absolute atomic E-state index is 5.67. The molecule has 0 bridgehead atoms. The van der Waals surface area contributed by atoms with E-state index in [1.54, 1.807) is 0 Å². The van der Waals surface area contributed by atoms with Gasteiger partial charge in [-0.1, -0.05) is 19.3 Å². The predicted octanol–water partition coefficient (Wildman–Crippen LogP) is 2.72. The van der Waals surface area contributed by atoms with Crippen LogP contribution in [0.5, 0.6) is 0 Å². The molecule has 1 aliphatic carbocycles. The van der Waals surface area contributed by atoms with Gasteiger partial charge in [-0.15, -0.1) is 0 Å². The summed E-state index contributed by atoms with van der Waals surface area (Å²) in [5, 5.41) is 3.47. The summed E-state index contributed by atoms with van der Waals surface area (Å²) in [5.41, 5.74) is 0. The summed E-state index contributed by atoms with van der Waals surface area (Å²) in [6, 6.07) is 0.736. The zero-order valence-electron chi connectivity index (χ0n) is 10.0. The molecule has 2 fully saturated rings. The minimum absolute atomic E-state index is 0.572. The molecule has 0 aromatic heterocycles. The smallest absolute Gasteiger partial charge is 0.0576 e. The van der Waals surface area contributed by atoms with Crippen molar-refractivity contribution in [1.29, 1.82) is 0 Å². The molecule has 1 saturated carbocycles. The maximum Gasteiger partial charge on any atom is 0.0576 e. The lowest BCUT2D eigenvalue weighted by molar-refractivity contribution is 0.0980. The van der Waals surface area contributed by atoms with Crippen molar-refractivity contribution in [2.24, 2.45) is 5.92 Å². The summed E-state index contributed by atoms with van der Waals surface area (Å²) in [7, 11) is 2.11. The average molecular weight is 211 g/mol. The van der Waals surface area contributed by atoms with Gasteiger partial charge >= 0.3 is 0 Å². The molecule has 15 heavy (non-hydrogen) atoms. The highest BCUT2D eigenvalue weighted by molar-refractivity contribution is 4.78.